The van der Waals surface area contributed by atoms with Crippen molar-refractivity contribution in [2.45, 2.75) is 63.6 Å². The molecule has 112 valence electrons. The molecular formula is C14H27NO4. The SMILES string of the molecule is CC(C)(C)OCCOC1CC2(CCC1N)OCCO2. The summed E-state index contributed by atoms with van der Waals surface area (Å²) < 4.78 is 23.0. The van der Waals surface area contributed by atoms with E-state index in [0.717, 1.165) is 19.3 Å². The van der Waals surface area contributed by atoms with Gasteiger partial charge in [0.2, 0.25) is 0 Å². The quantitative estimate of drug-likeness (QED) is 0.785. The van der Waals surface area contributed by atoms with Crippen molar-refractivity contribution in [2.75, 3.05) is 26.4 Å². The van der Waals surface area contributed by atoms with Crippen LogP contribution < -0.4 is 5.73 Å². The molecule has 1 spiro atoms. The van der Waals surface area contributed by atoms with Crippen LogP contribution in [0.15, 0.2) is 0 Å². The van der Waals surface area contributed by atoms with Crippen LogP contribution in [-0.4, -0.2) is 50.0 Å². The number of hydrogen-bond acceptors (Lipinski definition) is 5. The Morgan fingerprint density at radius 2 is 1.89 bits per heavy atom. The van der Waals surface area contributed by atoms with Gasteiger partial charge in [-0.05, 0) is 27.2 Å². The van der Waals surface area contributed by atoms with Gasteiger partial charge in [-0.15, -0.1) is 0 Å². The molecular weight excluding hydrogens is 246 g/mol. The summed E-state index contributed by atoms with van der Waals surface area (Å²) in [6, 6.07) is 0.0630. The fourth-order valence-corrected chi connectivity index (χ4v) is 2.62. The summed E-state index contributed by atoms with van der Waals surface area (Å²) >= 11 is 0. The highest BCUT2D eigenvalue weighted by atomic mass is 16.7. The Bertz CT molecular complexity index is 284. The van der Waals surface area contributed by atoms with Gasteiger partial charge in [-0.3, -0.25) is 0 Å². The third kappa shape index (κ3) is 4.39. The highest BCUT2D eigenvalue weighted by Gasteiger charge is 2.44. The molecule has 5 heteroatoms. The van der Waals surface area contributed by atoms with Crippen molar-refractivity contribution in [3.63, 3.8) is 0 Å². The Labute approximate surface area is 115 Å². The van der Waals surface area contributed by atoms with Gasteiger partial charge in [0.1, 0.15) is 0 Å². The van der Waals surface area contributed by atoms with E-state index in [1.807, 2.05) is 20.8 Å². The molecule has 2 unspecified atom stereocenters. The van der Waals surface area contributed by atoms with Crippen molar-refractivity contribution < 1.29 is 18.9 Å². The van der Waals surface area contributed by atoms with E-state index in [-0.39, 0.29) is 17.7 Å². The van der Waals surface area contributed by atoms with Crippen LogP contribution in [-0.2, 0) is 18.9 Å². The molecule has 2 rings (SSSR count). The van der Waals surface area contributed by atoms with Crippen LogP contribution in [0.5, 0.6) is 0 Å². The second-order valence-corrected chi connectivity index (χ2v) is 6.38. The molecule has 2 aliphatic rings. The zero-order valence-corrected chi connectivity index (χ0v) is 12.3. The fourth-order valence-electron chi connectivity index (χ4n) is 2.62. The van der Waals surface area contributed by atoms with Crippen molar-refractivity contribution in [3.8, 4) is 0 Å². The van der Waals surface area contributed by atoms with Crippen molar-refractivity contribution in [1.29, 1.82) is 0 Å². The minimum Gasteiger partial charge on any atom is -0.374 e. The zero-order valence-electron chi connectivity index (χ0n) is 12.3. The fraction of sp³-hybridized carbons (Fsp3) is 1.00. The molecule has 2 N–H and O–H groups in total. The van der Waals surface area contributed by atoms with E-state index >= 15 is 0 Å². The van der Waals surface area contributed by atoms with Gasteiger partial charge in [0.15, 0.2) is 5.79 Å². The molecule has 1 heterocycles. The van der Waals surface area contributed by atoms with Crippen LogP contribution in [0.2, 0.25) is 0 Å². The normalized spacial score (nSPS) is 30.9. The van der Waals surface area contributed by atoms with Crippen LogP contribution in [0, 0.1) is 0 Å². The highest BCUT2D eigenvalue weighted by molar-refractivity contribution is 4.90. The second kappa shape index (κ2) is 6.06. The maximum atomic E-state index is 6.12. The Balaban J connectivity index is 1.75. The van der Waals surface area contributed by atoms with Gasteiger partial charge in [0.25, 0.3) is 0 Å². The molecule has 0 aromatic heterocycles. The first-order valence-corrected chi connectivity index (χ1v) is 7.19. The molecule has 1 saturated carbocycles. The van der Waals surface area contributed by atoms with E-state index in [0.29, 0.717) is 26.4 Å². The first kappa shape index (κ1) is 15.2. The van der Waals surface area contributed by atoms with Gasteiger partial charge in [0, 0.05) is 18.9 Å². The first-order valence-electron chi connectivity index (χ1n) is 7.19. The van der Waals surface area contributed by atoms with E-state index in [9.17, 15) is 0 Å². The van der Waals surface area contributed by atoms with E-state index < -0.39 is 5.79 Å². The summed E-state index contributed by atoms with van der Waals surface area (Å²) in [6.07, 6.45) is 2.47. The molecule has 2 atom stereocenters. The minimum absolute atomic E-state index is 0.00424. The van der Waals surface area contributed by atoms with Crippen molar-refractivity contribution >= 4 is 0 Å². The largest absolute Gasteiger partial charge is 0.374 e. The summed E-state index contributed by atoms with van der Waals surface area (Å²) in [5, 5.41) is 0. The van der Waals surface area contributed by atoms with Crippen LogP contribution in [0.4, 0.5) is 0 Å². The number of nitrogens with two attached hydrogens (primary N) is 1. The summed E-state index contributed by atoms with van der Waals surface area (Å²) in [7, 11) is 0. The molecule has 5 nitrogen and oxygen atoms in total. The van der Waals surface area contributed by atoms with Gasteiger partial charge in [0.05, 0.1) is 38.1 Å². The van der Waals surface area contributed by atoms with E-state index in [1.165, 1.54) is 0 Å². The minimum atomic E-state index is -0.439. The lowest BCUT2D eigenvalue weighted by atomic mass is 9.88. The molecule has 0 bridgehead atoms. The molecule has 1 saturated heterocycles. The Morgan fingerprint density at radius 1 is 1.21 bits per heavy atom. The van der Waals surface area contributed by atoms with Gasteiger partial charge in [-0.25, -0.2) is 0 Å². The lowest BCUT2D eigenvalue weighted by Gasteiger charge is -2.39. The molecule has 0 aromatic rings. The lowest BCUT2D eigenvalue weighted by Crippen LogP contribution is -2.50. The second-order valence-electron chi connectivity index (χ2n) is 6.38. The van der Waals surface area contributed by atoms with E-state index in [1.54, 1.807) is 0 Å². The highest BCUT2D eigenvalue weighted by Crippen LogP contribution is 2.36. The lowest BCUT2D eigenvalue weighted by molar-refractivity contribution is -0.207. The molecule has 0 aromatic carbocycles. The van der Waals surface area contributed by atoms with Crippen molar-refractivity contribution in [2.24, 2.45) is 5.73 Å². The van der Waals surface area contributed by atoms with Crippen LogP contribution >= 0.6 is 0 Å². The van der Waals surface area contributed by atoms with Crippen molar-refractivity contribution in [1.82, 2.24) is 0 Å². The van der Waals surface area contributed by atoms with Crippen LogP contribution in [0.25, 0.3) is 0 Å². The van der Waals surface area contributed by atoms with E-state index in [2.05, 4.69) is 0 Å². The maximum absolute atomic E-state index is 6.12. The molecule has 1 aliphatic heterocycles. The smallest absolute Gasteiger partial charge is 0.171 e. The average Bonchev–Trinajstić information content (AvgIpc) is 2.77. The van der Waals surface area contributed by atoms with Gasteiger partial charge in [-0.2, -0.15) is 0 Å². The molecule has 19 heavy (non-hydrogen) atoms. The topological polar surface area (TPSA) is 62.9 Å². The third-order valence-electron chi connectivity index (χ3n) is 3.61. The van der Waals surface area contributed by atoms with Gasteiger partial charge < -0.3 is 24.7 Å². The van der Waals surface area contributed by atoms with Gasteiger partial charge in [-0.1, -0.05) is 0 Å². The average molecular weight is 273 g/mol. The third-order valence-corrected chi connectivity index (χ3v) is 3.61. The summed E-state index contributed by atoms with van der Waals surface area (Å²) in [6.45, 7) is 8.61. The van der Waals surface area contributed by atoms with Gasteiger partial charge >= 0.3 is 0 Å². The maximum Gasteiger partial charge on any atom is 0.171 e. The van der Waals surface area contributed by atoms with Crippen molar-refractivity contribution in [3.05, 3.63) is 0 Å². The van der Waals surface area contributed by atoms with Crippen LogP contribution in [0.3, 0.4) is 0 Å². The van der Waals surface area contributed by atoms with E-state index in [4.69, 9.17) is 24.7 Å². The van der Waals surface area contributed by atoms with Crippen LogP contribution in [0.1, 0.15) is 40.0 Å². The standard InChI is InChI=1S/C14H27NO4/c1-13(2,3)17-7-6-16-12-10-14(5-4-11(12)15)18-8-9-19-14/h11-12H,4-10,15H2,1-3H3. The molecule has 0 amide bonds. The molecule has 0 radical (unpaired) electrons. The number of hydrogen-bond donors (Lipinski definition) is 1. The Hall–Kier alpha value is -0.200. The Morgan fingerprint density at radius 3 is 2.53 bits per heavy atom. The first-order chi connectivity index (χ1) is 8.90. The predicted octanol–water partition coefficient (Wildman–Crippen LogP) is 1.44. The monoisotopic (exact) mass is 273 g/mol. The summed E-state index contributed by atoms with van der Waals surface area (Å²) in [5.74, 6) is -0.439. The number of ether oxygens (including phenoxy) is 4. The number of rotatable bonds is 4. The molecule has 1 aliphatic carbocycles. The Kier molecular flexibility index (Phi) is 4.84. The predicted molar refractivity (Wildman–Crippen MR) is 71.9 cm³/mol. The summed E-state index contributed by atoms with van der Waals surface area (Å²) in [4.78, 5) is 0. The summed E-state index contributed by atoms with van der Waals surface area (Å²) in [5.41, 5.74) is 5.99. The molecule has 2 fully saturated rings. The zero-order chi connectivity index (χ0) is 13.9.